The number of carbonyl (C=O) groups excluding carboxylic acids is 1. The number of aromatic nitrogens is 3. The van der Waals surface area contributed by atoms with Gasteiger partial charge in [0, 0.05) is 18.3 Å². The van der Waals surface area contributed by atoms with Gasteiger partial charge in [-0.25, -0.2) is 10.1 Å². The van der Waals surface area contributed by atoms with Crippen molar-refractivity contribution in [3.8, 4) is 11.9 Å². The lowest BCUT2D eigenvalue weighted by Crippen LogP contribution is -2.56. The number of pyridine rings is 1. The van der Waals surface area contributed by atoms with Gasteiger partial charge in [-0.3, -0.25) is 9.59 Å². The van der Waals surface area contributed by atoms with Gasteiger partial charge in [-0.15, -0.1) is 0 Å². The summed E-state index contributed by atoms with van der Waals surface area (Å²) in [6.07, 6.45) is 1.29. The molecule has 1 fully saturated rings. The lowest BCUT2D eigenvalue weighted by molar-refractivity contribution is 0.0155. The number of H-pyrrole nitrogens is 1. The Hall–Kier alpha value is -3.21. The maximum atomic E-state index is 12.1. The zero-order valence-electron chi connectivity index (χ0n) is 11.4. The van der Waals surface area contributed by atoms with E-state index in [1.54, 1.807) is 17.0 Å². The van der Waals surface area contributed by atoms with E-state index in [1.807, 2.05) is 6.07 Å². The summed E-state index contributed by atoms with van der Waals surface area (Å²) in [4.78, 5) is 28.5. The zero-order chi connectivity index (χ0) is 15.5. The van der Waals surface area contributed by atoms with E-state index in [9.17, 15) is 9.59 Å². The first-order valence-corrected chi connectivity index (χ1v) is 6.53. The molecule has 0 aromatic carbocycles. The van der Waals surface area contributed by atoms with Crippen molar-refractivity contribution in [2.75, 3.05) is 13.1 Å². The summed E-state index contributed by atoms with van der Waals surface area (Å²) < 4.78 is 5.59. The van der Waals surface area contributed by atoms with E-state index in [4.69, 9.17) is 10.00 Å². The lowest BCUT2D eigenvalue weighted by Gasteiger charge is -2.38. The second kappa shape index (κ2) is 5.65. The Bertz CT molecular complexity index is 767. The maximum absolute atomic E-state index is 12.1. The van der Waals surface area contributed by atoms with Crippen molar-refractivity contribution in [1.29, 1.82) is 5.26 Å². The van der Waals surface area contributed by atoms with Crippen molar-refractivity contribution in [3.05, 3.63) is 52.1 Å². The number of carbonyl (C=O) groups is 1. The summed E-state index contributed by atoms with van der Waals surface area (Å²) in [5.41, 5.74) is 0.296. The van der Waals surface area contributed by atoms with Gasteiger partial charge in [0.2, 0.25) is 5.88 Å². The summed E-state index contributed by atoms with van der Waals surface area (Å²) in [6, 6.07) is 7.86. The van der Waals surface area contributed by atoms with Crippen LogP contribution in [-0.2, 0) is 0 Å². The number of nitrogens with one attached hydrogen (secondary N) is 1. The predicted molar refractivity (Wildman–Crippen MR) is 74.1 cm³/mol. The van der Waals surface area contributed by atoms with Gasteiger partial charge in [0.1, 0.15) is 17.9 Å². The Balaban J connectivity index is 1.55. The maximum Gasteiger partial charge on any atom is 0.274 e. The summed E-state index contributed by atoms with van der Waals surface area (Å²) in [5, 5.41) is 14.6. The Morgan fingerprint density at radius 1 is 1.36 bits per heavy atom. The van der Waals surface area contributed by atoms with Crippen LogP contribution in [0.15, 0.2) is 35.3 Å². The average Bonchev–Trinajstić information content (AvgIpc) is 2.51. The van der Waals surface area contributed by atoms with Gasteiger partial charge in [-0.2, -0.15) is 10.4 Å². The van der Waals surface area contributed by atoms with E-state index in [0.717, 1.165) is 0 Å². The fourth-order valence-electron chi connectivity index (χ4n) is 1.99. The van der Waals surface area contributed by atoms with Crippen molar-refractivity contribution in [3.63, 3.8) is 0 Å². The quantitative estimate of drug-likeness (QED) is 0.849. The molecule has 0 atom stereocenters. The summed E-state index contributed by atoms with van der Waals surface area (Å²) in [5.74, 6) is 0.155. The molecule has 1 aliphatic heterocycles. The molecule has 0 radical (unpaired) electrons. The van der Waals surface area contributed by atoms with E-state index in [1.165, 1.54) is 18.3 Å². The van der Waals surface area contributed by atoms with Crippen molar-refractivity contribution in [1.82, 2.24) is 20.1 Å². The number of hydrogen-bond donors (Lipinski definition) is 1. The first kappa shape index (κ1) is 13.8. The fourth-order valence-corrected chi connectivity index (χ4v) is 1.99. The van der Waals surface area contributed by atoms with Gasteiger partial charge in [-0.1, -0.05) is 0 Å². The lowest BCUT2D eigenvalue weighted by atomic mass is 10.1. The molecule has 22 heavy (non-hydrogen) atoms. The van der Waals surface area contributed by atoms with E-state index in [0.29, 0.717) is 24.5 Å². The summed E-state index contributed by atoms with van der Waals surface area (Å²) in [7, 11) is 0. The molecule has 0 spiro atoms. The smallest absolute Gasteiger partial charge is 0.274 e. The van der Waals surface area contributed by atoms with Crippen molar-refractivity contribution < 1.29 is 9.53 Å². The molecule has 1 N–H and O–H groups in total. The number of ether oxygens (including phenoxy) is 1. The first-order chi connectivity index (χ1) is 10.7. The SMILES string of the molecule is N#Cc1ccc(OC2CN(C(=O)c3ccc(=O)[nH]n3)C2)nc1. The minimum absolute atomic E-state index is 0.146. The van der Waals surface area contributed by atoms with Crippen LogP contribution in [0.5, 0.6) is 5.88 Å². The van der Waals surface area contributed by atoms with Crippen LogP contribution in [0.1, 0.15) is 16.1 Å². The Labute approximate surface area is 125 Å². The van der Waals surface area contributed by atoms with Gasteiger partial charge in [-0.05, 0) is 12.1 Å². The van der Waals surface area contributed by atoms with Crippen molar-refractivity contribution in [2.24, 2.45) is 0 Å². The predicted octanol–water partition coefficient (Wildman–Crippen LogP) is -0.0600. The van der Waals surface area contributed by atoms with Crippen LogP contribution in [0, 0.1) is 11.3 Å². The van der Waals surface area contributed by atoms with E-state index >= 15 is 0 Å². The molecule has 8 nitrogen and oxygen atoms in total. The number of aromatic amines is 1. The molecule has 0 unspecified atom stereocenters. The molecule has 1 aliphatic rings. The number of rotatable bonds is 3. The van der Waals surface area contributed by atoms with E-state index in [-0.39, 0.29) is 23.3 Å². The molecular formula is C14H11N5O3. The van der Waals surface area contributed by atoms with Gasteiger partial charge in [0.05, 0.1) is 18.7 Å². The molecule has 2 aromatic heterocycles. The molecule has 1 amide bonds. The van der Waals surface area contributed by atoms with Crippen LogP contribution in [0.2, 0.25) is 0 Å². The van der Waals surface area contributed by atoms with Crippen molar-refractivity contribution >= 4 is 5.91 Å². The minimum atomic E-state index is -0.353. The van der Waals surface area contributed by atoms with Gasteiger partial charge < -0.3 is 9.64 Å². The third kappa shape index (κ3) is 2.78. The molecule has 110 valence electrons. The van der Waals surface area contributed by atoms with Gasteiger partial charge >= 0.3 is 0 Å². The van der Waals surface area contributed by atoms with Crippen LogP contribution >= 0.6 is 0 Å². The number of nitrogens with zero attached hydrogens (tertiary/aromatic N) is 4. The normalized spacial score (nSPS) is 14.0. The molecule has 3 heterocycles. The molecule has 2 aromatic rings. The fraction of sp³-hybridized carbons (Fsp3) is 0.214. The first-order valence-electron chi connectivity index (χ1n) is 6.53. The highest BCUT2D eigenvalue weighted by molar-refractivity contribution is 5.92. The highest BCUT2D eigenvalue weighted by Crippen LogP contribution is 2.17. The summed E-state index contributed by atoms with van der Waals surface area (Å²) in [6.45, 7) is 0.836. The third-order valence-corrected chi connectivity index (χ3v) is 3.19. The topological polar surface area (TPSA) is 112 Å². The Kier molecular flexibility index (Phi) is 3.53. The second-order valence-electron chi connectivity index (χ2n) is 4.75. The molecule has 0 aliphatic carbocycles. The highest BCUT2D eigenvalue weighted by Gasteiger charge is 2.33. The molecular weight excluding hydrogens is 286 g/mol. The number of amides is 1. The Morgan fingerprint density at radius 3 is 2.77 bits per heavy atom. The standard InChI is InChI=1S/C14H11N5O3/c15-5-9-1-4-13(16-6-9)22-10-7-19(8-10)14(21)11-2-3-12(20)18-17-11/h1-4,6,10H,7-8H2,(H,18,20). The Morgan fingerprint density at radius 2 is 2.18 bits per heavy atom. The molecule has 8 heteroatoms. The van der Waals surface area contributed by atoms with Gasteiger partial charge in [0.15, 0.2) is 0 Å². The monoisotopic (exact) mass is 297 g/mol. The second-order valence-corrected chi connectivity index (χ2v) is 4.75. The molecule has 0 saturated carbocycles. The van der Waals surface area contributed by atoms with Crippen molar-refractivity contribution in [2.45, 2.75) is 6.10 Å². The number of likely N-dealkylation sites (tertiary alicyclic amines) is 1. The average molecular weight is 297 g/mol. The molecule has 3 rings (SSSR count). The van der Waals surface area contributed by atoms with E-state index < -0.39 is 0 Å². The minimum Gasteiger partial charge on any atom is -0.471 e. The molecule has 0 bridgehead atoms. The largest absolute Gasteiger partial charge is 0.471 e. The third-order valence-electron chi connectivity index (χ3n) is 3.19. The summed E-state index contributed by atoms with van der Waals surface area (Å²) >= 11 is 0. The van der Waals surface area contributed by atoms with Gasteiger partial charge in [0.25, 0.3) is 11.5 Å². The number of nitriles is 1. The highest BCUT2D eigenvalue weighted by atomic mass is 16.5. The van der Waals surface area contributed by atoms with Crippen LogP contribution in [0.3, 0.4) is 0 Å². The molecule has 1 saturated heterocycles. The van der Waals surface area contributed by atoms with Crippen LogP contribution < -0.4 is 10.3 Å². The van der Waals surface area contributed by atoms with E-state index in [2.05, 4.69) is 15.2 Å². The van der Waals surface area contributed by atoms with Crippen LogP contribution in [0.25, 0.3) is 0 Å². The zero-order valence-corrected chi connectivity index (χ0v) is 11.4. The van der Waals surface area contributed by atoms with Crippen LogP contribution in [-0.4, -0.2) is 45.2 Å². The number of hydrogen-bond acceptors (Lipinski definition) is 6. The van der Waals surface area contributed by atoms with Crippen LogP contribution in [0.4, 0.5) is 0 Å².